The molecular weight excluding hydrogens is 298 g/mol. The molecule has 0 bridgehead atoms. The molecule has 122 valence electrons. The van der Waals surface area contributed by atoms with Crippen molar-refractivity contribution in [2.24, 2.45) is 0 Å². The largest absolute Gasteiger partial charge is 0.463 e. The van der Waals surface area contributed by atoms with Gasteiger partial charge >= 0.3 is 5.97 Å². The van der Waals surface area contributed by atoms with Crippen LogP contribution in [0.2, 0.25) is 0 Å². The van der Waals surface area contributed by atoms with E-state index in [-0.39, 0.29) is 5.97 Å². The predicted octanol–water partition coefficient (Wildman–Crippen LogP) is 4.67. The first-order chi connectivity index (χ1) is 11.7. The van der Waals surface area contributed by atoms with Gasteiger partial charge in [0.25, 0.3) is 0 Å². The molecule has 0 atom stereocenters. The summed E-state index contributed by atoms with van der Waals surface area (Å²) in [5.74, 6) is -0.353. The Morgan fingerprint density at radius 1 is 1.00 bits per heavy atom. The lowest BCUT2D eigenvalue weighted by atomic mass is 10.0. The number of aryl methyl sites for hydroxylation is 1. The van der Waals surface area contributed by atoms with Crippen LogP contribution in [0.3, 0.4) is 0 Å². The zero-order chi connectivity index (χ0) is 17.2. The van der Waals surface area contributed by atoms with Gasteiger partial charge in [-0.1, -0.05) is 43.0 Å². The second-order valence-electron chi connectivity index (χ2n) is 5.57. The van der Waals surface area contributed by atoms with Gasteiger partial charge in [-0.2, -0.15) is 5.26 Å². The van der Waals surface area contributed by atoms with Crippen LogP contribution in [0.25, 0.3) is 11.1 Å². The highest BCUT2D eigenvalue weighted by atomic mass is 16.5. The van der Waals surface area contributed by atoms with Crippen LogP contribution in [0.1, 0.15) is 30.4 Å². The highest BCUT2D eigenvalue weighted by molar-refractivity contribution is 5.81. The van der Waals surface area contributed by atoms with Gasteiger partial charge in [0.1, 0.15) is 0 Å². The Bertz CT molecular complexity index is 709. The van der Waals surface area contributed by atoms with E-state index in [1.807, 2.05) is 24.3 Å². The molecule has 0 aliphatic carbocycles. The van der Waals surface area contributed by atoms with Gasteiger partial charge in [-0.25, -0.2) is 4.79 Å². The molecule has 0 aliphatic rings. The number of ether oxygens (including phenoxy) is 1. The van der Waals surface area contributed by atoms with Crippen molar-refractivity contribution in [2.45, 2.75) is 25.7 Å². The van der Waals surface area contributed by atoms with Crippen LogP contribution < -0.4 is 0 Å². The molecule has 2 aromatic carbocycles. The van der Waals surface area contributed by atoms with Crippen LogP contribution in [0.4, 0.5) is 0 Å². The summed E-state index contributed by atoms with van der Waals surface area (Å²) in [7, 11) is 0. The standard InChI is InChI=1S/C21H21NO2/c1-2-21(23)24-15-5-3-4-6-17-7-11-19(12-8-17)20-13-9-18(16-22)10-14-20/h2,7-14H,1,3-6,15H2. The lowest BCUT2D eigenvalue weighted by molar-refractivity contribution is -0.137. The van der Waals surface area contributed by atoms with Gasteiger partial charge in [-0.15, -0.1) is 0 Å². The Morgan fingerprint density at radius 2 is 1.62 bits per heavy atom. The average molecular weight is 319 g/mol. The number of hydrogen-bond acceptors (Lipinski definition) is 3. The van der Waals surface area contributed by atoms with E-state index in [9.17, 15) is 4.79 Å². The molecule has 3 nitrogen and oxygen atoms in total. The molecule has 0 aromatic heterocycles. The molecular formula is C21H21NO2. The molecule has 2 rings (SSSR count). The van der Waals surface area contributed by atoms with E-state index in [1.165, 1.54) is 11.6 Å². The smallest absolute Gasteiger partial charge is 0.330 e. The molecule has 0 fully saturated rings. The Labute approximate surface area is 143 Å². The lowest BCUT2D eigenvalue weighted by Gasteiger charge is -2.05. The first-order valence-electron chi connectivity index (χ1n) is 8.11. The van der Waals surface area contributed by atoms with E-state index in [0.29, 0.717) is 12.2 Å². The highest BCUT2D eigenvalue weighted by Gasteiger charge is 2.00. The topological polar surface area (TPSA) is 50.1 Å². The van der Waals surface area contributed by atoms with Crippen LogP contribution >= 0.6 is 0 Å². The number of benzene rings is 2. The number of carbonyl (C=O) groups excluding carboxylic acids is 1. The fourth-order valence-electron chi connectivity index (χ4n) is 2.44. The summed E-state index contributed by atoms with van der Waals surface area (Å²) in [5.41, 5.74) is 4.24. The molecule has 3 heteroatoms. The maximum absolute atomic E-state index is 10.9. The Kier molecular flexibility index (Phi) is 6.79. The van der Waals surface area contributed by atoms with Crippen LogP contribution in [-0.4, -0.2) is 12.6 Å². The van der Waals surface area contributed by atoms with Crippen molar-refractivity contribution < 1.29 is 9.53 Å². The predicted molar refractivity (Wildman–Crippen MR) is 95.3 cm³/mol. The molecule has 0 saturated heterocycles. The number of hydrogen-bond donors (Lipinski definition) is 0. The molecule has 0 unspecified atom stereocenters. The van der Waals surface area contributed by atoms with Gasteiger partial charge in [-0.3, -0.25) is 0 Å². The summed E-state index contributed by atoms with van der Waals surface area (Å²) in [4.78, 5) is 10.9. The molecule has 0 amide bonds. The van der Waals surface area contributed by atoms with Gasteiger partial charge in [0.15, 0.2) is 0 Å². The van der Waals surface area contributed by atoms with E-state index in [2.05, 4.69) is 36.9 Å². The average Bonchev–Trinajstić information content (AvgIpc) is 2.65. The zero-order valence-corrected chi connectivity index (χ0v) is 13.7. The third-order valence-electron chi connectivity index (χ3n) is 3.82. The fourth-order valence-corrected chi connectivity index (χ4v) is 2.44. The first kappa shape index (κ1) is 17.5. The zero-order valence-electron chi connectivity index (χ0n) is 13.7. The number of rotatable bonds is 8. The summed E-state index contributed by atoms with van der Waals surface area (Å²) in [6.45, 7) is 3.82. The monoisotopic (exact) mass is 319 g/mol. The SMILES string of the molecule is C=CC(=O)OCCCCCc1ccc(-c2ccc(C#N)cc2)cc1. The van der Waals surface area contributed by atoms with Gasteiger partial charge in [0, 0.05) is 6.08 Å². The first-order valence-corrected chi connectivity index (χ1v) is 8.11. The molecule has 0 N–H and O–H groups in total. The molecule has 0 spiro atoms. The van der Waals surface area contributed by atoms with E-state index in [1.54, 1.807) is 0 Å². The van der Waals surface area contributed by atoms with Crippen LogP contribution in [0.15, 0.2) is 61.2 Å². The third-order valence-corrected chi connectivity index (χ3v) is 3.82. The van der Waals surface area contributed by atoms with Crippen LogP contribution in [-0.2, 0) is 16.0 Å². The number of esters is 1. The summed E-state index contributed by atoms with van der Waals surface area (Å²) in [6, 6.07) is 18.3. The van der Waals surface area contributed by atoms with E-state index < -0.39 is 0 Å². The van der Waals surface area contributed by atoms with Crippen molar-refractivity contribution in [3.8, 4) is 17.2 Å². The van der Waals surface area contributed by atoms with E-state index in [0.717, 1.165) is 36.8 Å². The fraction of sp³-hybridized carbons (Fsp3) is 0.238. The molecule has 0 aliphatic heterocycles. The minimum absolute atomic E-state index is 0.353. The lowest BCUT2D eigenvalue weighted by Crippen LogP contribution is -2.01. The van der Waals surface area contributed by atoms with E-state index >= 15 is 0 Å². The normalized spacial score (nSPS) is 9.96. The summed E-state index contributed by atoms with van der Waals surface area (Å²) in [5, 5.41) is 8.83. The number of unbranched alkanes of at least 4 members (excludes halogenated alkanes) is 2. The quantitative estimate of drug-likeness (QED) is 0.404. The van der Waals surface area contributed by atoms with Crippen molar-refractivity contribution in [3.63, 3.8) is 0 Å². The molecule has 2 aromatic rings. The third kappa shape index (κ3) is 5.40. The van der Waals surface area contributed by atoms with E-state index in [4.69, 9.17) is 10.00 Å². The maximum atomic E-state index is 10.9. The Balaban J connectivity index is 1.76. The van der Waals surface area contributed by atoms with Gasteiger partial charge in [-0.05, 0) is 54.5 Å². The molecule has 24 heavy (non-hydrogen) atoms. The van der Waals surface area contributed by atoms with Gasteiger partial charge in [0.05, 0.1) is 18.2 Å². The molecule has 0 radical (unpaired) electrons. The van der Waals surface area contributed by atoms with Gasteiger partial charge < -0.3 is 4.74 Å². The number of carbonyl (C=O) groups is 1. The Morgan fingerprint density at radius 3 is 2.21 bits per heavy atom. The maximum Gasteiger partial charge on any atom is 0.330 e. The van der Waals surface area contributed by atoms with Crippen molar-refractivity contribution in [1.29, 1.82) is 5.26 Å². The van der Waals surface area contributed by atoms with Crippen molar-refractivity contribution >= 4 is 5.97 Å². The highest BCUT2D eigenvalue weighted by Crippen LogP contribution is 2.21. The molecule has 0 saturated carbocycles. The summed E-state index contributed by atoms with van der Waals surface area (Å²) < 4.78 is 4.95. The second-order valence-corrected chi connectivity index (χ2v) is 5.57. The molecule has 0 heterocycles. The number of nitriles is 1. The van der Waals surface area contributed by atoms with Crippen molar-refractivity contribution in [2.75, 3.05) is 6.61 Å². The van der Waals surface area contributed by atoms with Gasteiger partial charge in [0.2, 0.25) is 0 Å². The van der Waals surface area contributed by atoms with Crippen molar-refractivity contribution in [3.05, 3.63) is 72.3 Å². The van der Waals surface area contributed by atoms with Crippen molar-refractivity contribution in [1.82, 2.24) is 0 Å². The summed E-state index contributed by atoms with van der Waals surface area (Å²) in [6.07, 6.45) is 5.19. The summed E-state index contributed by atoms with van der Waals surface area (Å²) >= 11 is 0. The van der Waals surface area contributed by atoms with Crippen LogP contribution in [0.5, 0.6) is 0 Å². The second kappa shape index (κ2) is 9.32. The van der Waals surface area contributed by atoms with Crippen LogP contribution in [0, 0.1) is 11.3 Å². The minimum atomic E-state index is -0.353. The minimum Gasteiger partial charge on any atom is -0.463 e. The Hall–Kier alpha value is -2.86. The number of nitrogens with zero attached hydrogens (tertiary/aromatic N) is 1.